The van der Waals surface area contributed by atoms with Crippen LogP contribution in [-0.2, 0) is 46.4 Å². The van der Waals surface area contributed by atoms with E-state index >= 15 is 0 Å². The molecule has 3 rings (SSSR count). The Hall–Kier alpha value is -2.51. The van der Waals surface area contributed by atoms with Gasteiger partial charge in [-0.1, -0.05) is 26.0 Å². The zero-order chi connectivity index (χ0) is 28.0. The SMILES string of the molecule is CC.CC1CCN(C)C1.O=CCCOCCOCCOCCOCCn1cc(CN2C(=O)C=CC2=O)nn1. The number of imide groups is 1. The number of likely N-dealkylation sites (tertiary alicyclic amines) is 1. The van der Waals surface area contributed by atoms with Crippen molar-refractivity contribution in [3.63, 3.8) is 0 Å². The zero-order valence-electron chi connectivity index (χ0n) is 23.4. The minimum Gasteiger partial charge on any atom is -0.379 e. The maximum Gasteiger partial charge on any atom is 0.253 e. The Morgan fingerprint density at radius 3 is 1.95 bits per heavy atom. The van der Waals surface area contributed by atoms with E-state index in [2.05, 4.69) is 29.2 Å². The van der Waals surface area contributed by atoms with Crippen LogP contribution in [-0.4, -0.2) is 116 Å². The average molecular weight is 540 g/mol. The molecule has 2 aliphatic rings. The van der Waals surface area contributed by atoms with E-state index in [0.29, 0.717) is 71.5 Å². The lowest BCUT2D eigenvalue weighted by atomic mass is 10.2. The molecule has 0 spiro atoms. The molecule has 1 atom stereocenters. The molecule has 1 unspecified atom stereocenters. The van der Waals surface area contributed by atoms with Crippen LogP contribution in [0.3, 0.4) is 0 Å². The molecule has 12 nitrogen and oxygen atoms in total. The van der Waals surface area contributed by atoms with Crippen molar-refractivity contribution in [3.05, 3.63) is 24.0 Å². The molecular formula is C26H45N5O7. The van der Waals surface area contributed by atoms with E-state index in [0.717, 1.165) is 17.1 Å². The summed E-state index contributed by atoms with van der Waals surface area (Å²) in [5, 5.41) is 7.90. The van der Waals surface area contributed by atoms with E-state index in [1.54, 1.807) is 10.9 Å². The predicted molar refractivity (Wildman–Crippen MR) is 141 cm³/mol. The lowest BCUT2D eigenvalue weighted by Gasteiger charge is -2.10. The number of hydrogen-bond donors (Lipinski definition) is 0. The van der Waals surface area contributed by atoms with E-state index < -0.39 is 0 Å². The molecule has 0 aromatic carbocycles. The van der Waals surface area contributed by atoms with Crippen molar-refractivity contribution in [1.82, 2.24) is 24.8 Å². The van der Waals surface area contributed by atoms with E-state index in [1.807, 2.05) is 13.8 Å². The van der Waals surface area contributed by atoms with E-state index in [1.165, 1.54) is 31.7 Å². The number of rotatable bonds is 17. The molecule has 2 amide bonds. The molecule has 216 valence electrons. The number of aldehydes is 1. The molecule has 12 heteroatoms. The van der Waals surface area contributed by atoms with Gasteiger partial charge in [-0.2, -0.15) is 0 Å². The molecule has 0 radical (unpaired) electrons. The average Bonchev–Trinajstić information content (AvgIpc) is 3.62. The van der Waals surface area contributed by atoms with Crippen LogP contribution in [0.25, 0.3) is 0 Å². The van der Waals surface area contributed by atoms with E-state index in [9.17, 15) is 14.4 Å². The predicted octanol–water partition coefficient (Wildman–Crippen LogP) is 1.34. The van der Waals surface area contributed by atoms with Crippen LogP contribution in [0.5, 0.6) is 0 Å². The third-order valence-corrected chi connectivity index (χ3v) is 5.39. The first-order valence-corrected chi connectivity index (χ1v) is 13.3. The maximum atomic E-state index is 11.5. The van der Waals surface area contributed by atoms with Gasteiger partial charge >= 0.3 is 0 Å². The maximum absolute atomic E-state index is 11.5. The third-order valence-electron chi connectivity index (χ3n) is 5.39. The molecular weight excluding hydrogens is 494 g/mol. The Bertz CT molecular complexity index is 792. The van der Waals surface area contributed by atoms with Crippen LogP contribution in [0.15, 0.2) is 18.3 Å². The van der Waals surface area contributed by atoms with E-state index in [-0.39, 0.29) is 18.4 Å². The highest BCUT2D eigenvalue weighted by molar-refractivity contribution is 6.12. The monoisotopic (exact) mass is 539 g/mol. The van der Waals surface area contributed by atoms with Crippen molar-refractivity contribution in [2.45, 2.75) is 46.7 Å². The lowest BCUT2D eigenvalue weighted by Crippen LogP contribution is -2.29. The molecule has 0 bridgehead atoms. The molecule has 0 N–H and O–H groups in total. The topological polar surface area (TPSA) is 125 Å². The fourth-order valence-electron chi connectivity index (χ4n) is 3.48. The Balaban J connectivity index is 0.000000682. The fraction of sp³-hybridized carbons (Fsp3) is 0.731. The molecule has 1 fully saturated rings. The summed E-state index contributed by atoms with van der Waals surface area (Å²) in [4.78, 5) is 36.6. The summed E-state index contributed by atoms with van der Waals surface area (Å²) in [5.41, 5.74) is 0.535. The van der Waals surface area contributed by atoms with Crippen LogP contribution in [0.4, 0.5) is 0 Å². The van der Waals surface area contributed by atoms with Crippen LogP contribution >= 0.6 is 0 Å². The van der Waals surface area contributed by atoms with Gasteiger partial charge < -0.3 is 28.6 Å². The summed E-state index contributed by atoms with van der Waals surface area (Å²) < 4.78 is 22.9. The Morgan fingerprint density at radius 1 is 0.921 bits per heavy atom. The van der Waals surface area contributed by atoms with Gasteiger partial charge in [0.25, 0.3) is 11.8 Å². The molecule has 0 saturated carbocycles. The molecule has 3 heterocycles. The second-order valence-corrected chi connectivity index (χ2v) is 8.63. The number of nitrogens with zero attached hydrogens (tertiary/aromatic N) is 5. The van der Waals surface area contributed by atoms with Crippen LogP contribution in [0.2, 0.25) is 0 Å². The summed E-state index contributed by atoms with van der Waals surface area (Å²) in [6.07, 6.45) is 6.77. The van der Waals surface area contributed by atoms with Gasteiger partial charge in [-0.25, -0.2) is 4.68 Å². The summed E-state index contributed by atoms with van der Waals surface area (Å²) >= 11 is 0. The van der Waals surface area contributed by atoms with Gasteiger partial charge in [0.15, 0.2) is 0 Å². The summed E-state index contributed by atoms with van der Waals surface area (Å²) in [6, 6.07) is 0. The zero-order valence-corrected chi connectivity index (χ0v) is 23.4. The highest BCUT2D eigenvalue weighted by Gasteiger charge is 2.24. The fourth-order valence-corrected chi connectivity index (χ4v) is 3.48. The standard InChI is InChI=1S/C18H26N4O7.C6H13N.C2H6/c23-5-1-6-26-8-10-28-12-13-29-11-9-27-7-4-21-14-16(19-20-21)15-22-17(24)2-3-18(22)25;1-6-3-4-7(2)5-6;1-2/h2-3,5,14H,1,4,6-13,15H2;6H,3-5H2,1-2H3;1-2H3. The van der Waals surface area contributed by atoms with Crippen molar-refractivity contribution >= 4 is 18.1 Å². The van der Waals surface area contributed by atoms with Crippen LogP contribution < -0.4 is 0 Å². The minimum absolute atomic E-state index is 0.103. The van der Waals surface area contributed by atoms with Gasteiger partial charge in [-0.15, -0.1) is 5.10 Å². The van der Waals surface area contributed by atoms with Gasteiger partial charge in [0, 0.05) is 25.1 Å². The largest absolute Gasteiger partial charge is 0.379 e. The molecule has 1 aromatic rings. The number of carbonyl (C=O) groups excluding carboxylic acids is 3. The number of amides is 2. The number of hydrogen-bond acceptors (Lipinski definition) is 10. The Kier molecular flexibility index (Phi) is 18.9. The van der Waals surface area contributed by atoms with Gasteiger partial charge in [-0.05, 0) is 25.9 Å². The van der Waals surface area contributed by atoms with Crippen LogP contribution in [0, 0.1) is 5.92 Å². The first-order chi connectivity index (χ1) is 18.5. The van der Waals surface area contributed by atoms with Gasteiger partial charge in [0.2, 0.25) is 0 Å². The number of ether oxygens (including phenoxy) is 4. The van der Waals surface area contributed by atoms with Gasteiger partial charge in [0.05, 0.1) is 72.1 Å². The Morgan fingerprint density at radius 2 is 1.47 bits per heavy atom. The second kappa shape index (κ2) is 21.4. The molecule has 38 heavy (non-hydrogen) atoms. The molecule has 0 aliphatic carbocycles. The first-order valence-electron chi connectivity index (χ1n) is 13.3. The molecule has 1 aromatic heterocycles. The summed E-state index contributed by atoms with van der Waals surface area (Å²) in [5.74, 6) is 0.257. The lowest BCUT2D eigenvalue weighted by molar-refractivity contribution is -0.137. The van der Waals surface area contributed by atoms with E-state index in [4.69, 9.17) is 18.9 Å². The summed E-state index contributed by atoms with van der Waals surface area (Å²) in [7, 11) is 2.18. The van der Waals surface area contributed by atoms with Gasteiger partial charge in [0.1, 0.15) is 12.0 Å². The summed E-state index contributed by atoms with van der Waals surface area (Å²) in [6.45, 7) is 13.1. The molecule has 2 aliphatic heterocycles. The number of aromatic nitrogens is 3. The number of carbonyl (C=O) groups is 3. The first kappa shape index (κ1) is 33.5. The van der Waals surface area contributed by atoms with Crippen molar-refractivity contribution in [3.8, 4) is 0 Å². The third kappa shape index (κ3) is 15.0. The quantitative estimate of drug-likeness (QED) is 0.163. The Labute approximate surface area is 226 Å². The molecule has 1 saturated heterocycles. The van der Waals surface area contributed by atoms with Crippen molar-refractivity contribution < 1.29 is 33.3 Å². The highest BCUT2D eigenvalue weighted by Crippen LogP contribution is 2.11. The highest BCUT2D eigenvalue weighted by atomic mass is 16.6. The van der Waals surface area contributed by atoms with Gasteiger partial charge in [-0.3, -0.25) is 14.5 Å². The second-order valence-electron chi connectivity index (χ2n) is 8.63. The van der Waals surface area contributed by atoms with Crippen molar-refractivity contribution in [2.75, 3.05) is 73.0 Å². The smallest absolute Gasteiger partial charge is 0.253 e. The van der Waals surface area contributed by atoms with Crippen molar-refractivity contribution in [1.29, 1.82) is 0 Å². The normalized spacial score (nSPS) is 16.8. The van der Waals surface area contributed by atoms with Crippen LogP contribution in [0.1, 0.15) is 39.3 Å². The van der Waals surface area contributed by atoms with Crippen molar-refractivity contribution in [2.24, 2.45) is 5.92 Å². The minimum atomic E-state index is -0.346.